The summed E-state index contributed by atoms with van der Waals surface area (Å²) in [6.45, 7) is 1.63. The predicted molar refractivity (Wildman–Crippen MR) is 65.6 cm³/mol. The van der Waals surface area contributed by atoms with Gasteiger partial charge in [-0.3, -0.25) is 4.79 Å². The van der Waals surface area contributed by atoms with Crippen LogP contribution in [0.1, 0.15) is 12.0 Å². The Morgan fingerprint density at radius 3 is 2.94 bits per heavy atom. The first-order chi connectivity index (χ1) is 8.19. The fourth-order valence-electron chi connectivity index (χ4n) is 2.97. The fraction of sp³-hybridized carbons (Fsp3) is 0.462. The first kappa shape index (κ1) is 10.6. The van der Waals surface area contributed by atoms with E-state index in [1.165, 1.54) is 0 Å². The molecule has 2 heterocycles. The van der Waals surface area contributed by atoms with Crippen LogP contribution in [0.5, 0.6) is 5.75 Å². The number of nitrogens with one attached hydrogen (secondary N) is 1. The van der Waals surface area contributed by atoms with Crippen molar-refractivity contribution in [3.05, 3.63) is 23.8 Å². The number of carbonyl (C=O) groups excluding carboxylic acids is 1. The summed E-state index contributed by atoms with van der Waals surface area (Å²) < 4.78 is 5.26. The highest BCUT2D eigenvalue weighted by atomic mass is 16.5. The van der Waals surface area contributed by atoms with E-state index in [9.17, 15) is 4.79 Å². The summed E-state index contributed by atoms with van der Waals surface area (Å²) in [7, 11) is 3.50. The van der Waals surface area contributed by atoms with Crippen molar-refractivity contribution >= 4 is 11.6 Å². The third-order valence-electron chi connectivity index (χ3n) is 3.95. The van der Waals surface area contributed by atoms with Gasteiger partial charge < -0.3 is 15.0 Å². The van der Waals surface area contributed by atoms with Crippen LogP contribution >= 0.6 is 0 Å². The van der Waals surface area contributed by atoms with Crippen molar-refractivity contribution in [3.8, 4) is 5.75 Å². The maximum absolute atomic E-state index is 12.4. The van der Waals surface area contributed by atoms with Crippen molar-refractivity contribution in [2.75, 3.05) is 32.1 Å². The number of ether oxygens (including phenoxy) is 1. The van der Waals surface area contributed by atoms with Gasteiger partial charge in [-0.25, -0.2) is 0 Å². The van der Waals surface area contributed by atoms with Crippen LogP contribution in [0.25, 0.3) is 0 Å². The molecule has 4 nitrogen and oxygen atoms in total. The molecule has 1 aromatic rings. The van der Waals surface area contributed by atoms with Crippen LogP contribution in [-0.2, 0) is 10.2 Å². The Morgan fingerprint density at radius 1 is 1.47 bits per heavy atom. The zero-order valence-corrected chi connectivity index (χ0v) is 10.1. The summed E-state index contributed by atoms with van der Waals surface area (Å²) in [5.41, 5.74) is 1.76. The number of amides is 1. The Bertz CT molecular complexity index is 478. The average molecular weight is 232 g/mol. The average Bonchev–Trinajstić information content (AvgIpc) is 2.92. The number of rotatable bonds is 1. The normalized spacial score (nSPS) is 26.7. The van der Waals surface area contributed by atoms with E-state index in [1.807, 2.05) is 25.2 Å². The summed E-state index contributed by atoms with van der Waals surface area (Å²) in [6, 6.07) is 5.88. The standard InChI is InChI=1S/C13H16N2O2/c1-15-11-4-3-9(17-2)7-10(11)13(12(15)16)5-6-14-8-13/h3-4,7,14H,5-6,8H2,1-2H3. The van der Waals surface area contributed by atoms with E-state index in [1.54, 1.807) is 12.0 Å². The summed E-state index contributed by atoms with van der Waals surface area (Å²) in [6.07, 6.45) is 0.871. The molecule has 1 spiro atoms. The number of benzene rings is 1. The minimum Gasteiger partial charge on any atom is -0.497 e. The van der Waals surface area contributed by atoms with Gasteiger partial charge in [0, 0.05) is 19.3 Å². The van der Waals surface area contributed by atoms with Crippen molar-refractivity contribution in [1.29, 1.82) is 0 Å². The predicted octanol–water partition coefficient (Wildman–Crippen LogP) is 0.903. The van der Waals surface area contributed by atoms with Gasteiger partial charge in [0.15, 0.2) is 0 Å². The quantitative estimate of drug-likeness (QED) is 0.782. The number of anilines is 1. The molecular weight excluding hydrogens is 216 g/mol. The van der Waals surface area contributed by atoms with Gasteiger partial charge >= 0.3 is 0 Å². The zero-order chi connectivity index (χ0) is 12.0. The summed E-state index contributed by atoms with van der Waals surface area (Å²) >= 11 is 0. The van der Waals surface area contributed by atoms with Crippen molar-refractivity contribution in [2.24, 2.45) is 0 Å². The molecule has 0 bridgehead atoms. The molecule has 1 aromatic carbocycles. The van der Waals surface area contributed by atoms with Crippen LogP contribution in [0.2, 0.25) is 0 Å². The van der Waals surface area contributed by atoms with Gasteiger partial charge in [-0.05, 0) is 36.7 Å². The molecule has 1 N–H and O–H groups in total. The molecule has 90 valence electrons. The lowest BCUT2D eigenvalue weighted by Crippen LogP contribution is -2.40. The van der Waals surface area contributed by atoms with Gasteiger partial charge in [0.2, 0.25) is 5.91 Å². The number of carbonyl (C=O) groups is 1. The van der Waals surface area contributed by atoms with E-state index in [0.29, 0.717) is 0 Å². The monoisotopic (exact) mass is 232 g/mol. The topological polar surface area (TPSA) is 41.6 Å². The molecule has 1 unspecified atom stereocenters. The van der Waals surface area contributed by atoms with Crippen LogP contribution in [0.4, 0.5) is 5.69 Å². The highest BCUT2D eigenvalue weighted by Gasteiger charge is 2.51. The van der Waals surface area contributed by atoms with E-state index < -0.39 is 0 Å². The third kappa shape index (κ3) is 1.24. The van der Waals surface area contributed by atoms with E-state index in [4.69, 9.17) is 4.74 Å². The molecular formula is C13H16N2O2. The molecule has 0 aliphatic carbocycles. The number of fused-ring (bicyclic) bond motifs is 2. The zero-order valence-electron chi connectivity index (χ0n) is 10.1. The first-order valence-corrected chi connectivity index (χ1v) is 5.86. The van der Waals surface area contributed by atoms with E-state index in [2.05, 4.69) is 5.32 Å². The van der Waals surface area contributed by atoms with Crippen molar-refractivity contribution in [1.82, 2.24) is 5.32 Å². The van der Waals surface area contributed by atoms with Gasteiger partial charge in [0.25, 0.3) is 0 Å². The SMILES string of the molecule is COc1ccc2c(c1)C1(CCNC1)C(=O)N2C. The lowest BCUT2D eigenvalue weighted by atomic mass is 9.81. The minimum atomic E-state index is -0.362. The lowest BCUT2D eigenvalue weighted by Gasteiger charge is -2.21. The number of methoxy groups -OCH3 is 1. The maximum atomic E-state index is 12.4. The molecule has 4 heteroatoms. The minimum absolute atomic E-state index is 0.200. The highest BCUT2D eigenvalue weighted by molar-refractivity contribution is 6.08. The van der Waals surface area contributed by atoms with Crippen LogP contribution < -0.4 is 15.0 Å². The van der Waals surface area contributed by atoms with E-state index in [0.717, 1.165) is 36.5 Å². The first-order valence-electron chi connectivity index (χ1n) is 5.86. The van der Waals surface area contributed by atoms with Crippen LogP contribution in [0, 0.1) is 0 Å². The molecule has 2 aliphatic heterocycles. The van der Waals surface area contributed by atoms with Gasteiger partial charge in [-0.2, -0.15) is 0 Å². The Labute approximate surface area is 101 Å². The second-order valence-electron chi connectivity index (χ2n) is 4.76. The molecule has 17 heavy (non-hydrogen) atoms. The molecule has 0 saturated carbocycles. The Balaban J connectivity index is 2.19. The smallest absolute Gasteiger partial charge is 0.238 e. The largest absolute Gasteiger partial charge is 0.497 e. The third-order valence-corrected chi connectivity index (χ3v) is 3.95. The maximum Gasteiger partial charge on any atom is 0.238 e. The van der Waals surface area contributed by atoms with E-state index >= 15 is 0 Å². The Kier molecular flexibility index (Phi) is 2.16. The van der Waals surface area contributed by atoms with Gasteiger partial charge in [0.1, 0.15) is 5.75 Å². The number of hydrogen-bond donors (Lipinski definition) is 1. The molecule has 3 rings (SSSR count). The van der Waals surface area contributed by atoms with Gasteiger partial charge in [-0.15, -0.1) is 0 Å². The summed E-state index contributed by atoms with van der Waals surface area (Å²) in [5, 5.41) is 3.30. The molecule has 1 amide bonds. The van der Waals surface area contributed by atoms with Crippen LogP contribution in [0.15, 0.2) is 18.2 Å². The highest BCUT2D eigenvalue weighted by Crippen LogP contribution is 2.45. The second kappa shape index (κ2) is 3.47. The lowest BCUT2D eigenvalue weighted by molar-refractivity contribution is -0.122. The van der Waals surface area contributed by atoms with Gasteiger partial charge in [-0.1, -0.05) is 0 Å². The molecule has 0 aromatic heterocycles. The molecule has 1 fully saturated rings. The summed E-state index contributed by atoms with van der Waals surface area (Å²) in [4.78, 5) is 14.2. The van der Waals surface area contributed by atoms with Crippen molar-refractivity contribution in [2.45, 2.75) is 11.8 Å². The van der Waals surface area contributed by atoms with Crippen LogP contribution in [-0.4, -0.2) is 33.2 Å². The van der Waals surface area contributed by atoms with Crippen molar-refractivity contribution < 1.29 is 9.53 Å². The fourth-order valence-corrected chi connectivity index (χ4v) is 2.97. The molecule has 1 atom stereocenters. The molecule has 1 saturated heterocycles. The second-order valence-corrected chi connectivity index (χ2v) is 4.76. The molecule has 0 radical (unpaired) electrons. The Hall–Kier alpha value is -1.55. The number of likely N-dealkylation sites (N-methyl/N-ethyl adjacent to an activating group) is 1. The van der Waals surface area contributed by atoms with Gasteiger partial charge in [0.05, 0.1) is 12.5 Å². The molecule has 2 aliphatic rings. The number of hydrogen-bond acceptors (Lipinski definition) is 3. The van der Waals surface area contributed by atoms with Crippen molar-refractivity contribution in [3.63, 3.8) is 0 Å². The van der Waals surface area contributed by atoms with Crippen LogP contribution in [0.3, 0.4) is 0 Å². The summed E-state index contributed by atoms with van der Waals surface area (Å²) in [5.74, 6) is 1.02. The number of nitrogens with zero attached hydrogens (tertiary/aromatic N) is 1. The Morgan fingerprint density at radius 2 is 2.29 bits per heavy atom. The van der Waals surface area contributed by atoms with E-state index in [-0.39, 0.29) is 11.3 Å².